The summed E-state index contributed by atoms with van der Waals surface area (Å²) in [6, 6.07) is 15.4. The molecule has 0 radical (unpaired) electrons. The van der Waals surface area contributed by atoms with Gasteiger partial charge in [0, 0.05) is 84.7 Å². The number of hydrogen-bond acceptors (Lipinski definition) is 12. The molecular weight excluding hydrogens is 759 g/mol. The maximum absolute atomic E-state index is 12.7. The lowest BCUT2D eigenvalue weighted by Gasteiger charge is -2.35. The van der Waals surface area contributed by atoms with E-state index in [1.165, 1.54) is 0 Å². The van der Waals surface area contributed by atoms with Crippen molar-refractivity contribution < 1.29 is 18.9 Å². The summed E-state index contributed by atoms with van der Waals surface area (Å²) in [6.07, 6.45) is 9.52. The van der Waals surface area contributed by atoms with Gasteiger partial charge in [0.25, 0.3) is 11.7 Å². The van der Waals surface area contributed by atoms with Crippen molar-refractivity contribution >= 4 is 34.9 Å². The average Bonchev–Trinajstić information content (AvgIpc) is 4.06. The second-order valence-electron chi connectivity index (χ2n) is 17.0. The van der Waals surface area contributed by atoms with Gasteiger partial charge < -0.3 is 14.7 Å². The highest BCUT2D eigenvalue weighted by atomic mass is 16.5. The highest BCUT2D eigenvalue weighted by molar-refractivity contribution is 5.94. The molecule has 6 aromatic rings. The number of nitrogens with one attached hydrogen (secondary N) is 3. The van der Waals surface area contributed by atoms with Crippen LogP contribution in [0.5, 0.6) is 0 Å². The fraction of sp³-hybridized carbons (Fsp3) is 0.400. The van der Waals surface area contributed by atoms with Crippen molar-refractivity contribution in [2.75, 3.05) is 24.5 Å². The van der Waals surface area contributed by atoms with Gasteiger partial charge in [-0.3, -0.25) is 39.7 Å². The second kappa shape index (κ2) is 16.7. The maximum Gasteiger partial charge on any atom is 0.292 e. The quantitative estimate of drug-likeness (QED) is 0.110. The first-order chi connectivity index (χ1) is 28.9. The highest BCUT2D eigenvalue weighted by Gasteiger charge is 2.43. The molecule has 1 aromatic carbocycles. The van der Waals surface area contributed by atoms with Crippen LogP contribution in [0, 0.1) is 13.8 Å². The number of imide groups is 1. The lowest BCUT2D eigenvalue weighted by molar-refractivity contribution is -0.126. The van der Waals surface area contributed by atoms with E-state index >= 15 is 0 Å². The Bertz CT molecular complexity index is 2540. The van der Waals surface area contributed by atoms with Crippen molar-refractivity contribution in [2.45, 2.75) is 97.2 Å². The van der Waals surface area contributed by atoms with Crippen molar-refractivity contribution in [1.82, 2.24) is 50.8 Å². The summed E-state index contributed by atoms with van der Waals surface area (Å²) in [5.41, 5.74) is 9.87. The molecule has 3 unspecified atom stereocenters. The van der Waals surface area contributed by atoms with Crippen molar-refractivity contribution in [2.24, 2.45) is 0 Å². The molecule has 2 aliphatic rings. The molecule has 5 aromatic heterocycles. The van der Waals surface area contributed by atoms with Gasteiger partial charge in [0.2, 0.25) is 18.2 Å². The smallest absolute Gasteiger partial charge is 0.292 e. The third kappa shape index (κ3) is 8.26. The summed E-state index contributed by atoms with van der Waals surface area (Å²) < 4.78 is 5.28. The van der Waals surface area contributed by atoms with Crippen molar-refractivity contribution in [1.29, 1.82) is 0 Å². The molecule has 15 heteroatoms. The number of fused-ring (bicyclic) bond motifs is 3. The number of carbonyl (C=O) groups is 3. The molecule has 0 aliphatic carbocycles. The van der Waals surface area contributed by atoms with E-state index in [-0.39, 0.29) is 29.0 Å². The molecule has 0 spiro atoms. The Hall–Kier alpha value is -6.35. The summed E-state index contributed by atoms with van der Waals surface area (Å²) in [5.74, 6) is -0.607. The number of piperazine rings is 1. The standard InChI is InChI=1S/C45H51N11O4/c1-7-8-35(42(58)50-25-57)37-22-46-31(16-27(37)3)13-14-55-23-34-18-33(55)24-56(34)32-11-12-38(47-21-32)30-17-36-39(52-53-40(36)48-20-30)28-9-10-29(26(2)15-28)19-49-43(59)41-51-44(60-54-41)45(4,5)6/h9-12,15-17,20-22,25,33-35H,7-8,13-14,18-19,23-24H2,1-6H3,(H,49,59)(H,48,52,53)(H,50,57,58). The van der Waals surface area contributed by atoms with Crippen LogP contribution >= 0.6 is 0 Å². The van der Waals surface area contributed by atoms with Crippen LogP contribution in [0.25, 0.3) is 33.5 Å². The van der Waals surface area contributed by atoms with Crippen LogP contribution in [0.2, 0.25) is 0 Å². The number of benzene rings is 1. The first-order valence-electron chi connectivity index (χ1n) is 20.6. The van der Waals surface area contributed by atoms with Gasteiger partial charge in [-0.25, -0.2) is 4.98 Å². The van der Waals surface area contributed by atoms with Crippen LogP contribution in [0.15, 0.2) is 65.6 Å². The lowest BCUT2D eigenvalue weighted by Crippen LogP contribution is -2.47. The summed E-state index contributed by atoms with van der Waals surface area (Å²) in [6.45, 7) is 15.1. The molecule has 3 amide bonds. The van der Waals surface area contributed by atoms with Gasteiger partial charge in [0.05, 0.1) is 29.2 Å². The minimum absolute atomic E-state index is 0.0185. The van der Waals surface area contributed by atoms with Crippen LogP contribution in [0.1, 0.15) is 97.3 Å². The van der Waals surface area contributed by atoms with Gasteiger partial charge in [-0.1, -0.05) is 51.4 Å². The molecule has 2 saturated heterocycles. The number of nitrogens with zero attached hydrogens (tertiary/aromatic N) is 8. The minimum atomic E-state index is -0.389. The summed E-state index contributed by atoms with van der Waals surface area (Å²) in [4.78, 5) is 59.8. The number of amides is 3. The van der Waals surface area contributed by atoms with Gasteiger partial charge in [-0.05, 0) is 79.3 Å². The zero-order valence-electron chi connectivity index (χ0n) is 35.0. The number of anilines is 1. The molecule has 8 rings (SSSR count). The van der Waals surface area contributed by atoms with Crippen LogP contribution in [0.3, 0.4) is 0 Å². The minimum Gasteiger partial charge on any atom is -0.364 e. The van der Waals surface area contributed by atoms with E-state index < -0.39 is 0 Å². The summed E-state index contributed by atoms with van der Waals surface area (Å²) >= 11 is 0. The van der Waals surface area contributed by atoms with Gasteiger partial charge in [0.1, 0.15) is 0 Å². The van der Waals surface area contributed by atoms with Crippen molar-refractivity contribution in [3.8, 4) is 22.5 Å². The fourth-order valence-corrected chi connectivity index (χ4v) is 8.51. The van der Waals surface area contributed by atoms with Crippen LogP contribution < -0.4 is 15.5 Å². The molecule has 310 valence electrons. The normalized spacial score (nSPS) is 17.0. The molecule has 60 heavy (non-hydrogen) atoms. The first-order valence-corrected chi connectivity index (χ1v) is 20.6. The van der Waals surface area contributed by atoms with Crippen LogP contribution in [-0.4, -0.2) is 90.1 Å². The molecule has 7 heterocycles. The second-order valence-corrected chi connectivity index (χ2v) is 17.0. The van der Waals surface area contributed by atoms with E-state index in [1.54, 1.807) is 0 Å². The summed E-state index contributed by atoms with van der Waals surface area (Å²) in [7, 11) is 0. The Kier molecular flexibility index (Phi) is 11.3. The van der Waals surface area contributed by atoms with E-state index in [0.717, 1.165) is 100 Å². The monoisotopic (exact) mass is 809 g/mol. The third-order valence-corrected chi connectivity index (χ3v) is 11.8. The number of aryl methyl sites for hydroxylation is 2. The van der Waals surface area contributed by atoms with E-state index in [4.69, 9.17) is 14.5 Å². The first kappa shape index (κ1) is 40.4. The Morgan fingerprint density at radius 1 is 0.983 bits per heavy atom. The summed E-state index contributed by atoms with van der Waals surface area (Å²) in [5, 5.41) is 17.6. The van der Waals surface area contributed by atoms with E-state index in [1.807, 2.05) is 72.3 Å². The van der Waals surface area contributed by atoms with Crippen molar-refractivity contribution in [3.63, 3.8) is 0 Å². The third-order valence-electron chi connectivity index (χ3n) is 11.8. The van der Waals surface area contributed by atoms with Gasteiger partial charge in [-0.2, -0.15) is 10.1 Å². The van der Waals surface area contributed by atoms with Crippen molar-refractivity contribution in [3.05, 3.63) is 101 Å². The Morgan fingerprint density at radius 2 is 1.83 bits per heavy atom. The number of hydrogen-bond donors (Lipinski definition) is 3. The van der Waals surface area contributed by atoms with E-state index in [9.17, 15) is 14.4 Å². The molecule has 3 N–H and O–H groups in total. The molecular formula is C45H51N11O4. The predicted molar refractivity (Wildman–Crippen MR) is 227 cm³/mol. The Balaban J connectivity index is 0.878. The number of rotatable bonds is 14. The fourth-order valence-electron chi connectivity index (χ4n) is 8.51. The zero-order chi connectivity index (χ0) is 42.1. The van der Waals surface area contributed by atoms with E-state index in [2.05, 4.69) is 76.1 Å². The zero-order valence-corrected chi connectivity index (χ0v) is 35.0. The number of H-pyrrole nitrogens is 1. The van der Waals surface area contributed by atoms with E-state index in [0.29, 0.717) is 43.0 Å². The molecule has 3 atom stereocenters. The van der Waals surface area contributed by atoms with Crippen LogP contribution in [-0.2, 0) is 28.0 Å². The molecule has 15 nitrogen and oxygen atoms in total. The molecule has 2 fully saturated rings. The average molecular weight is 810 g/mol. The largest absolute Gasteiger partial charge is 0.364 e. The Morgan fingerprint density at radius 3 is 2.52 bits per heavy atom. The van der Waals surface area contributed by atoms with Gasteiger partial charge in [0.15, 0.2) is 5.65 Å². The Labute approximate surface area is 348 Å². The molecule has 2 bridgehead atoms. The predicted octanol–water partition coefficient (Wildman–Crippen LogP) is 5.97. The topological polar surface area (TPSA) is 188 Å². The van der Waals surface area contributed by atoms with Gasteiger partial charge in [-0.15, -0.1) is 0 Å². The number of aromatic amines is 1. The number of carbonyl (C=O) groups excluding carboxylic acids is 3. The van der Waals surface area contributed by atoms with Crippen LogP contribution in [0.4, 0.5) is 5.69 Å². The SMILES string of the molecule is CCCC(C(=O)NC=O)c1cnc(CCN2CC3CC2CN3c2ccc(-c3cnc4n[nH]c(-c5ccc(CNC(=O)c6noc(C(C)(C)C)n6)c(C)c5)c4c3)nc2)cc1C. The molecule has 2 aliphatic heterocycles. The lowest BCUT2D eigenvalue weighted by atomic mass is 9.91. The number of pyridine rings is 3. The number of aromatic nitrogens is 7. The molecule has 0 saturated carbocycles. The number of likely N-dealkylation sites (tertiary alicyclic amines) is 1. The van der Waals surface area contributed by atoms with Gasteiger partial charge >= 0.3 is 0 Å². The highest BCUT2D eigenvalue weighted by Crippen LogP contribution is 2.36. The maximum atomic E-state index is 12.7.